The summed E-state index contributed by atoms with van der Waals surface area (Å²) in [6.45, 7) is 4.69. The van der Waals surface area contributed by atoms with Gasteiger partial charge in [0.1, 0.15) is 11.5 Å². The molecular weight excluding hydrogens is 350 g/mol. The second kappa shape index (κ2) is 9.60. The molecule has 3 rings (SSSR count). The Morgan fingerprint density at radius 1 is 0.821 bits per heavy atom. The molecule has 28 heavy (non-hydrogen) atoms. The zero-order valence-corrected chi connectivity index (χ0v) is 16.2. The molecule has 3 aromatic carbocycles. The lowest BCUT2D eigenvalue weighted by Gasteiger charge is -2.14. The van der Waals surface area contributed by atoms with E-state index >= 15 is 0 Å². The first-order valence-corrected chi connectivity index (χ1v) is 9.42. The topological polar surface area (TPSA) is 47.6 Å². The molecule has 0 bridgehead atoms. The minimum Gasteiger partial charge on any atom is -0.491 e. The molecule has 4 heteroatoms. The Morgan fingerprint density at radius 3 is 2.18 bits per heavy atom. The first-order chi connectivity index (χ1) is 13.6. The Hall–Kier alpha value is -3.27. The molecule has 0 atom stereocenters. The molecule has 144 valence electrons. The van der Waals surface area contributed by atoms with Gasteiger partial charge in [0.2, 0.25) is 0 Å². The maximum absolute atomic E-state index is 12.3. The Morgan fingerprint density at radius 2 is 1.46 bits per heavy atom. The van der Waals surface area contributed by atoms with Crippen molar-refractivity contribution in [3.05, 3.63) is 78.9 Å². The maximum atomic E-state index is 12.3. The lowest BCUT2D eigenvalue weighted by atomic mass is 10.1. The average Bonchev–Trinajstić information content (AvgIpc) is 2.72. The van der Waals surface area contributed by atoms with Gasteiger partial charge in [-0.2, -0.15) is 0 Å². The van der Waals surface area contributed by atoms with Gasteiger partial charge in [-0.15, -0.1) is 0 Å². The smallest absolute Gasteiger partial charge is 0.262 e. The van der Waals surface area contributed by atoms with Crippen LogP contribution >= 0.6 is 0 Å². The van der Waals surface area contributed by atoms with E-state index in [4.69, 9.17) is 9.47 Å². The summed E-state index contributed by atoms with van der Waals surface area (Å²) < 4.78 is 11.4. The highest BCUT2D eigenvalue weighted by molar-refractivity contribution is 5.93. The summed E-state index contributed by atoms with van der Waals surface area (Å²) in [6, 6.07) is 25.2. The number of hydrogen-bond donors (Lipinski definition) is 1. The Kier molecular flexibility index (Phi) is 6.68. The van der Waals surface area contributed by atoms with Crippen molar-refractivity contribution in [3.8, 4) is 22.6 Å². The monoisotopic (exact) mass is 375 g/mol. The fraction of sp³-hybridized carbons (Fsp3) is 0.208. The summed E-state index contributed by atoms with van der Waals surface area (Å²) in [4.78, 5) is 12.3. The van der Waals surface area contributed by atoms with Crippen LogP contribution in [0.1, 0.15) is 13.8 Å². The third kappa shape index (κ3) is 5.61. The highest BCUT2D eigenvalue weighted by atomic mass is 16.5. The number of carbonyl (C=O) groups excluding carboxylic acids is 1. The van der Waals surface area contributed by atoms with Gasteiger partial charge in [0.05, 0.1) is 12.3 Å². The number of para-hydroxylation sites is 2. The Balaban J connectivity index is 1.55. The van der Waals surface area contributed by atoms with E-state index in [2.05, 4.69) is 31.3 Å². The van der Waals surface area contributed by atoms with Crippen LogP contribution in [0.4, 0.5) is 5.69 Å². The molecule has 0 aliphatic heterocycles. The number of benzene rings is 3. The summed E-state index contributed by atoms with van der Waals surface area (Å²) in [5, 5.41) is 2.85. The Bertz CT molecular complexity index is 889. The van der Waals surface area contributed by atoms with Crippen molar-refractivity contribution in [2.75, 3.05) is 18.5 Å². The molecule has 0 spiro atoms. The van der Waals surface area contributed by atoms with Crippen LogP contribution in [0.3, 0.4) is 0 Å². The van der Waals surface area contributed by atoms with Gasteiger partial charge >= 0.3 is 0 Å². The van der Waals surface area contributed by atoms with Crippen molar-refractivity contribution in [1.82, 2.24) is 0 Å². The number of ether oxygens (including phenoxy) is 2. The number of hydrogen-bond acceptors (Lipinski definition) is 3. The third-order valence-corrected chi connectivity index (χ3v) is 4.06. The third-order valence-electron chi connectivity index (χ3n) is 4.06. The summed E-state index contributed by atoms with van der Waals surface area (Å²) >= 11 is 0. The first-order valence-electron chi connectivity index (χ1n) is 9.42. The number of rotatable bonds is 8. The predicted octanol–water partition coefficient (Wildman–Crippen LogP) is 5.41. The van der Waals surface area contributed by atoms with Crippen molar-refractivity contribution < 1.29 is 14.3 Å². The second-order valence-electron chi connectivity index (χ2n) is 6.93. The minimum absolute atomic E-state index is 0.0663. The molecule has 1 N–H and O–H groups in total. The second-order valence-corrected chi connectivity index (χ2v) is 6.93. The summed E-state index contributed by atoms with van der Waals surface area (Å²) in [6.07, 6.45) is 0. The molecule has 0 aliphatic carbocycles. The van der Waals surface area contributed by atoms with Crippen LogP contribution in [0.15, 0.2) is 78.9 Å². The van der Waals surface area contributed by atoms with Crippen molar-refractivity contribution in [2.45, 2.75) is 13.8 Å². The van der Waals surface area contributed by atoms with E-state index in [0.29, 0.717) is 29.7 Å². The minimum atomic E-state index is -0.229. The van der Waals surface area contributed by atoms with Crippen LogP contribution in [0.5, 0.6) is 11.5 Å². The van der Waals surface area contributed by atoms with E-state index in [1.165, 1.54) is 0 Å². The maximum Gasteiger partial charge on any atom is 0.262 e. The Labute approximate surface area is 166 Å². The molecule has 0 unspecified atom stereocenters. The van der Waals surface area contributed by atoms with Gasteiger partial charge in [0.15, 0.2) is 6.61 Å². The van der Waals surface area contributed by atoms with Gasteiger partial charge in [-0.25, -0.2) is 0 Å². The van der Waals surface area contributed by atoms with Crippen LogP contribution in [0, 0.1) is 5.92 Å². The van der Waals surface area contributed by atoms with E-state index in [1.807, 2.05) is 66.7 Å². The van der Waals surface area contributed by atoms with Crippen molar-refractivity contribution in [3.63, 3.8) is 0 Å². The van der Waals surface area contributed by atoms with Crippen molar-refractivity contribution in [2.24, 2.45) is 5.92 Å². The zero-order chi connectivity index (χ0) is 19.8. The molecular formula is C24H25NO3. The predicted molar refractivity (Wildman–Crippen MR) is 113 cm³/mol. The van der Waals surface area contributed by atoms with Crippen LogP contribution in [-0.4, -0.2) is 19.1 Å². The highest BCUT2D eigenvalue weighted by Gasteiger charge is 2.09. The molecule has 0 radical (unpaired) electrons. The largest absolute Gasteiger partial charge is 0.491 e. The lowest BCUT2D eigenvalue weighted by molar-refractivity contribution is -0.118. The first kappa shape index (κ1) is 19.5. The van der Waals surface area contributed by atoms with Crippen LogP contribution in [-0.2, 0) is 4.79 Å². The van der Waals surface area contributed by atoms with Crippen LogP contribution < -0.4 is 14.8 Å². The van der Waals surface area contributed by atoms with Crippen molar-refractivity contribution in [1.29, 1.82) is 0 Å². The van der Waals surface area contributed by atoms with Gasteiger partial charge < -0.3 is 14.8 Å². The number of nitrogens with one attached hydrogen (secondary N) is 1. The van der Waals surface area contributed by atoms with E-state index in [-0.39, 0.29) is 12.5 Å². The fourth-order valence-electron chi connectivity index (χ4n) is 2.66. The van der Waals surface area contributed by atoms with Crippen LogP contribution in [0.2, 0.25) is 0 Å². The zero-order valence-electron chi connectivity index (χ0n) is 16.2. The van der Waals surface area contributed by atoms with E-state index in [9.17, 15) is 4.79 Å². The lowest BCUT2D eigenvalue weighted by Crippen LogP contribution is -2.20. The fourth-order valence-corrected chi connectivity index (χ4v) is 2.66. The summed E-state index contributed by atoms with van der Waals surface area (Å²) in [7, 11) is 0. The van der Waals surface area contributed by atoms with E-state index in [0.717, 1.165) is 11.1 Å². The van der Waals surface area contributed by atoms with Gasteiger partial charge in [-0.3, -0.25) is 4.79 Å². The molecule has 3 aromatic rings. The molecule has 0 heterocycles. The SMILES string of the molecule is CC(C)COc1ccccc1NC(=O)COc1ccc(-c2ccccc2)cc1. The molecule has 0 fully saturated rings. The van der Waals surface area contributed by atoms with Gasteiger partial charge in [-0.1, -0.05) is 68.4 Å². The molecule has 0 saturated carbocycles. The summed E-state index contributed by atoms with van der Waals surface area (Å²) in [5.41, 5.74) is 2.90. The van der Waals surface area contributed by atoms with Gasteiger partial charge in [0.25, 0.3) is 5.91 Å². The molecule has 4 nitrogen and oxygen atoms in total. The molecule has 0 aliphatic rings. The molecule has 1 amide bonds. The standard InChI is InChI=1S/C24H25NO3/c1-18(2)16-28-23-11-7-6-10-22(23)25-24(26)17-27-21-14-12-20(13-15-21)19-8-4-3-5-9-19/h3-15,18H,16-17H2,1-2H3,(H,25,26). The molecule has 0 aromatic heterocycles. The van der Waals surface area contributed by atoms with Gasteiger partial charge in [-0.05, 0) is 41.3 Å². The van der Waals surface area contributed by atoms with E-state index in [1.54, 1.807) is 0 Å². The van der Waals surface area contributed by atoms with Crippen molar-refractivity contribution >= 4 is 11.6 Å². The van der Waals surface area contributed by atoms with Crippen LogP contribution in [0.25, 0.3) is 11.1 Å². The quantitative estimate of drug-likeness (QED) is 0.573. The van der Waals surface area contributed by atoms with E-state index < -0.39 is 0 Å². The molecule has 0 saturated heterocycles. The normalized spacial score (nSPS) is 10.5. The number of carbonyl (C=O) groups is 1. The summed E-state index contributed by atoms with van der Waals surface area (Å²) in [5.74, 6) is 1.50. The average molecular weight is 375 g/mol. The number of amides is 1. The van der Waals surface area contributed by atoms with Gasteiger partial charge in [0, 0.05) is 0 Å². The number of anilines is 1. The highest BCUT2D eigenvalue weighted by Crippen LogP contribution is 2.25.